The molecule has 1 unspecified atom stereocenters. The molecule has 0 N–H and O–H groups in total. The van der Waals surface area contributed by atoms with Gasteiger partial charge in [0.2, 0.25) is 0 Å². The highest BCUT2D eigenvalue weighted by atomic mass is 32.2. The average molecular weight is 219 g/mol. The van der Waals surface area contributed by atoms with Crippen molar-refractivity contribution in [3.63, 3.8) is 0 Å². The Kier molecular flexibility index (Phi) is 3.87. The van der Waals surface area contributed by atoms with Gasteiger partial charge in [-0.25, -0.2) is 0 Å². The molecule has 0 saturated carbocycles. The summed E-state index contributed by atoms with van der Waals surface area (Å²) >= 11 is 2.05. The molecule has 0 radical (unpaired) electrons. The molecular weight excluding hydrogens is 202 g/mol. The smallest absolute Gasteiger partial charge is 0.0529 e. The molecule has 1 saturated heterocycles. The first-order chi connectivity index (χ1) is 7.42. The summed E-state index contributed by atoms with van der Waals surface area (Å²) in [5.74, 6) is 2.49. The minimum absolute atomic E-state index is 0.395. The van der Waals surface area contributed by atoms with Crippen LogP contribution in [-0.4, -0.2) is 29.5 Å². The lowest BCUT2D eigenvalue weighted by Gasteiger charge is -2.32. The third-order valence-corrected chi connectivity index (χ3v) is 3.75. The fourth-order valence-electron chi connectivity index (χ4n) is 2.00. The van der Waals surface area contributed by atoms with Gasteiger partial charge in [0, 0.05) is 24.6 Å². The van der Waals surface area contributed by atoms with Crippen molar-refractivity contribution in [3.8, 4) is 0 Å². The second-order valence-corrected chi connectivity index (χ2v) is 4.96. The van der Waals surface area contributed by atoms with E-state index >= 15 is 0 Å². The molecule has 1 aromatic rings. The monoisotopic (exact) mass is 219 g/mol. The van der Waals surface area contributed by atoms with Gasteiger partial charge in [-0.1, -0.05) is 36.4 Å². The maximum Gasteiger partial charge on any atom is 0.0529 e. The Morgan fingerprint density at radius 1 is 1.20 bits per heavy atom. The van der Waals surface area contributed by atoms with Gasteiger partial charge < -0.3 is 0 Å². The summed E-state index contributed by atoms with van der Waals surface area (Å²) in [7, 11) is 0. The van der Waals surface area contributed by atoms with Crippen molar-refractivity contribution in [2.75, 3.05) is 24.6 Å². The molecular formula is C13H17NS. The summed E-state index contributed by atoms with van der Waals surface area (Å²) in [5.41, 5.74) is 1.36. The molecule has 1 aromatic carbocycles. The molecule has 2 heteroatoms. The van der Waals surface area contributed by atoms with E-state index in [-0.39, 0.29) is 0 Å². The maximum atomic E-state index is 3.96. The molecule has 0 amide bonds. The normalized spacial score (nSPS) is 19.7. The molecule has 1 atom stereocenters. The first-order valence-corrected chi connectivity index (χ1v) is 6.56. The van der Waals surface area contributed by atoms with Crippen molar-refractivity contribution < 1.29 is 0 Å². The lowest BCUT2D eigenvalue weighted by atomic mass is 10.1. The standard InChI is InChI=1S/C13H17NS/c1-2-13(12-6-4-3-5-7-12)14-8-10-15-11-9-14/h2-7,13H,1,8-11H2. The Labute approximate surface area is 96.2 Å². The minimum atomic E-state index is 0.395. The maximum absolute atomic E-state index is 3.96. The van der Waals surface area contributed by atoms with Crippen LogP contribution in [-0.2, 0) is 0 Å². The van der Waals surface area contributed by atoms with E-state index in [2.05, 4.69) is 47.9 Å². The van der Waals surface area contributed by atoms with Gasteiger partial charge in [0.15, 0.2) is 0 Å². The van der Waals surface area contributed by atoms with Crippen molar-refractivity contribution in [3.05, 3.63) is 48.6 Å². The molecule has 2 rings (SSSR count). The summed E-state index contributed by atoms with van der Waals surface area (Å²) < 4.78 is 0. The van der Waals surface area contributed by atoms with Crippen LogP contribution >= 0.6 is 11.8 Å². The highest BCUT2D eigenvalue weighted by Gasteiger charge is 2.19. The average Bonchev–Trinajstić information content (AvgIpc) is 2.33. The predicted octanol–water partition coefficient (Wildman–Crippen LogP) is 2.96. The predicted molar refractivity (Wildman–Crippen MR) is 68.3 cm³/mol. The van der Waals surface area contributed by atoms with Gasteiger partial charge in [-0.2, -0.15) is 11.8 Å². The molecule has 1 heterocycles. The van der Waals surface area contributed by atoms with Gasteiger partial charge in [-0.15, -0.1) is 6.58 Å². The Bertz CT molecular complexity index is 304. The Morgan fingerprint density at radius 2 is 1.87 bits per heavy atom. The van der Waals surface area contributed by atoms with Crippen LogP contribution in [0.15, 0.2) is 43.0 Å². The van der Waals surface area contributed by atoms with Crippen LogP contribution < -0.4 is 0 Å². The first kappa shape index (κ1) is 10.8. The van der Waals surface area contributed by atoms with E-state index in [4.69, 9.17) is 0 Å². The molecule has 15 heavy (non-hydrogen) atoms. The molecule has 1 aliphatic rings. The summed E-state index contributed by atoms with van der Waals surface area (Å²) in [4.78, 5) is 2.51. The number of thioether (sulfide) groups is 1. The Balaban J connectivity index is 2.12. The van der Waals surface area contributed by atoms with Crippen LogP contribution in [0.4, 0.5) is 0 Å². The van der Waals surface area contributed by atoms with E-state index in [1.54, 1.807) is 0 Å². The van der Waals surface area contributed by atoms with E-state index in [1.165, 1.54) is 30.2 Å². The molecule has 0 aromatic heterocycles. The number of nitrogens with zero attached hydrogens (tertiary/aromatic N) is 1. The van der Waals surface area contributed by atoms with E-state index in [1.807, 2.05) is 11.8 Å². The third-order valence-electron chi connectivity index (χ3n) is 2.80. The van der Waals surface area contributed by atoms with E-state index < -0.39 is 0 Å². The Morgan fingerprint density at radius 3 is 2.47 bits per heavy atom. The van der Waals surface area contributed by atoms with Crippen LogP contribution in [0.1, 0.15) is 11.6 Å². The summed E-state index contributed by atoms with van der Waals surface area (Å²) in [6, 6.07) is 11.0. The quantitative estimate of drug-likeness (QED) is 0.719. The second-order valence-electron chi connectivity index (χ2n) is 3.74. The van der Waals surface area contributed by atoms with Gasteiger partial charge in [0.25, 0.3) is 0 Å². The van der Waals surface area contributed by atoms with Gasteiger partial charge in [-0.3, -0.25) is 4.90 Å². The Hall–Kier alpha value is -0.730. The molecule has 80 valence electrons. The second kappa shape index (κ2) is 5.38. The highest BCUT2D eigenvalue weighted by molar-refractivity contribution is 7.99. The first-order valence-electron chi connectivity index (χ1n) is 5.41. The van der Waals surface area contributed by atoms with Crippen LogP contribution in [0, 0.1) is 0 Å². The number of benzene rings is 1. The van der Waals surface area contributed by atoms with Crippen molar-refractivity contribution in [1.82, 2.24) is 4.90 Å². The SMILES string of the molecule is C=CC(c1ccccc1)N1CCSCC1. The number of rotatable bonds is 3. The zero-order chi connectivity index (χ0) is 10.5. The molecule has 0 bridgehead atoms. The van der Waals surface area contributed by atoms with Crippen LogP contribution in [0.2, 0.25) is 0 Å². The van der Waals surface area contributed by atoms with Gasteiger partial charge >= 0.3 is 0 Å². The summed E-state index contributed by atoms with van der Waals surface area (Å²) in [5, 5.41) is 0. The van der Waals surface area contributed by atoms with Crippen molar-refractivity contribution in [1.29, 1.82) is 0 Å². The van der Waals surface area contributed by atoms with Crippen molar-refractivity contribution >= 4 is 11.8 Å². The number of hydrogen-bond donors (Lipinski definition) is 0. The molecule has 1 aliphatic heterocycles. The molecule has 0 spiro atoms. The molecule has 1 nitrogen and oxygen atoms in total. The summed E-state index contributed by atoms with van der Waals surface area (Å²) in [6.45, 7) is 6.32. The van der Waals surface area contributed by atoms with Crippen molar-refractivity contribution in [2.24, 2.45) is 0 Å². The van der Waals surface area contributed by atoms with Gasteiger partial charge in [0.1, 0.15) is 0 Å². The van der Waals surface area contributed by atoms with E-state index in [0.717, 1.165) is 0 Å². The fourth-order valence-corrected chi connectivity index (χ4v) is 2.93. The third kappa shape index (κ3) is 2.64. The zero-order valence-corrected chi connectivity index (χ0v) is 9.75. The highest BCUT2D eigenvalue weighted by Crippen LogP contribution is 2.24. The van der Waals surface area contributed by atoms with Crippen LogP contribution in [0.5, 0.6) is 0 Å². The molecule has 1 fully saturated rings. The molecule has 0 aliphatic carbocycles. The van der Waals surface area contributed by atoms with Crippen LogP contribution in [0.3, 0.4) is 0 Å². The zero-order valence-electron chi connectivity index (χ0n) is 8.93. The van der Waals surface area contributed by atoms with E-state index in [9.17, 15) is 0 Å². The number of hydrogen-bond acceptors (Lipinski definition) is 2. The van der Waals surface area contributed by atoms with Crippen molar-refractivity contribution in [2.45, 2.75) is 6.04 Å². The van der Waals surface area contributed by atoms with Crippen LogP contribution in [0.25, 0.3) is 0 Å². The summed E-state index contributed by atoms with van der Waals surface area (Å²) in [6.07, 6.45) is 2.06. The van der Waals surface area contributed by atoms with Gasteiger partial charge in [0.05, 0.1) is 6.04 Å². The topological polar surface area (TPSA) is 3.24 Å². The lowest BCUT2D eigenvalue weighted by molar-refractivity contribution is 0.256. The minimum Gasteiger partial charge on any atom is -0.291 e. The largest absolute Gasteiger partial charge is 0.291 e. The lowest BCUT2D eigenvalue weighted by Crippen LogP contribution is -2.35. The fraction of sp³-hybridized carbons (Fsp3) is 0.385. The van der Waals surface area contributed by atoms with Gasteiger partial charge in [-0.05, 0) is 5.56 Å². The van der Waals surface area contributed by atoms with E-state index in [0.29, 0.717) is 6.04 Å².